The second kappa shape index (κ2) is 4.70. The molecule has 2 atom stereocenters. The van der Waals surface area contributed by atoms with Crippen molar-refractivity contribution >= 4 is 0 Å². The van der Waals surface area contributed by atoms with Gasteiger partial charge in [-0.2, -0.15) is 13.2 Å². The minimum atomic E-state index is -4.15. The molecule has 0 heterocycles. The van der Waals surface area contributed by atoms with Crippen LogP contribution in [0.15, 0.2) is 0 Å². The van der Waals surface area contributed by atoms with Crippen molar-refractivity contribution in [3.05, 3.63) is 0 Å². The Labute approximate surface area is 88.4 Å². The molecule has 0 spiro atoms. The van der Waals surface area contributed by atoms with Crippen LogP contribution in [0.3, 0.4) is 0 Å². The van der Waals surface area contributed by atoms with Gasteiger partial charge in [0.1, 0.15) is 0 Å². The molecule has 0 aromatic heterocycles. The summed E-state index contributed by atoms with van der Waals surface area (Å²) in [5.41, 5.74) is 5.11. The number of rotatable bonds is 4. The van der Waals surface area contributed by atoms with Crippen LogP contribution in [0.2, 0.25) is 0 Å². The summed E-state index contributed by atoms with van der Waals surface area (Å²) in [6, 6.07) is 0. The van der Waals surface area contributed by atoms with E-state index in [1.807, 2.05) is 0 Å². The second-order valence-electron chi connectivity index (χ2n) is 4.47. The lowest BCUT2D eigenvalue weighted by Crippen LogP contribution is -2.52. The van der Waals surface area contributed by atoms with Crippen LogP contribution in [0, 0.1) is 5.92 Å². The smallest absolute Gasteiger partial charge is 0.329 e. The number of alkyl halides is 3. The van der Waals surface area contributed by atoms with E-state index in [1.165, 1.54) is 0 Å². The molecule has 1 aliphatic carbocycles. The molecule has 3 N–H and O–H groups in total. The van der Waals surface area contributed by atoms with E-state index in [9.17, 15) is 13.2 Å². The summed E-state index contributed by atoms with van der Waals surface area (Å²) in [5, 5.41) is 2.60. The summed E-state index contributed by atoms with van der Waals surface area (Å²) in [6.07, 6.45) is -0.603. The SMILES string of the molecule is CCC1CCC(CN)(NCC(F)(F)F)C1. The summed E-state index contributed by atoms with van der Waals surface area (Å²) >= 11 is 0. The Kier molecular flexibility index (Phi) is 4.00. The highest BCUT2D eigenvalue weighted by molar-refractivity contribution is 4.97. The standard InChI is InChI=1S/C10H19F3N2/c1-2-8-3-4-9(5-8,6-14)15-7-10(11,12)13/h8,15H,2-7,14H2,1H3. The Bertz CT molecular complexity index is 205. The van der Waals surface area contributed by atoms with Gasteiger partial charge in [0.2, 0.25) is 0 Å². The average molecular weight is 224 g/mol. The van der Waals surface area contributed by atoms with Gasteiger partial charge in [0.25, 0.3) is 0 Å². The van der Waals surface area contributed by atoms with Crippen molar-refractivity contribution in [2.75, 3.05) is 13.1 Å². The topological polar surface area (TPSA) is 38.0 Å². The van der Waals surface area contributed by atoms with Gasteiger partial charge in [-0.1, -0.05) is 13.3 Å². The molecule has 1 fully saturated rings. The Hall–Kier alpha value is -0.290. The molecular formula is C10H19F3N2. The maximum absolute atomic E-state index is 12.1. The van der Waals surface area contributed by atoms with Crippen molar-refractivity contribution in [1.82, 2.24) is 5.32 Å². The summed E-state index contributed by atoms with van der Waals surface area (Å²) in [4.78, 5) is 0. The van der Waals surface area contributed by atoms with Crippen molar-refractivity contribution < 1.29 is 13.2 Å². The van der Waals surface area contributed by atoms with Crippen LogP contribution in [-0.4, -0.2) is 24.8 Å². The predicted octanol–water partition coefficient (Wildman–Crippen LogP) is 2.05. The predicted molar refractivity (Wildman–Crippen MR) is 53.5 cm³/mol. The van der Waals surface area contributed by atoms with Gasteiger partial charge in [-0.05, 0) is 25.2 Å². The molecule has 1 saturated carbocycles. The van der Waals surface area contributed by atoms with Crippen molar-refractivity contribution in [3.63, 3.8) is 0 Å². The zero-order valence-electron chi connectivity index (χ0n) is 9.03. The molecule has 0 saturated heterocycles. The van der Waals surface area contributed by atoms with Crippen LogP contribution in [0.5, 0.6) is 0 Å². The molecule has 90 valence electrons. The van der Waals surface area contributed by atoms with Gasteiger partial charge in [-0.25, -0.2) is 0 Å². The third-order valence-corrected chi connectivity index (χ3v) is 3.34. The van der Waals surface area contributed by atoms with Crippen molar-refractivity contribution in [2.45, 2.75) is 44.3 Å². The highest BCUT2D eigenvalue weighted by Crippen LogP contribution is 2.36. The first-order chi connectivity index (χ1) is 6.91. The summed E-state index contributed by atoms with van der Waals surface area (Å²) in [5.74, 6) is 0.522. The summed E-state index contributed by atoms with van der Waals surface area (Å²) < 4.78 is 36.3. The van der Waals surface area contributed by atoms with E-state index in [2.05, 4.69) is 12.2 Å². The van der Waals surface area contributed by atoms with Crippen molar-refractivity contribution in [2.24, 2.45) is 11.7 Å². The Balaban J connectivity index is 2.48. The molecule has 0 radical (unpaired) electrons. The minimum absolute atomic E-state index is 0.291. The fourth-order valence-corrected chi connectivity index (χ4v) is 2.29. The monoisotopic (exact) mass is 224 g/mol. The lowest BCUT2D eigenvalue weighted by Gasteiger charge is -2.30. The number of hydrogen-bond acceptors (Lipinski definition) is 2. The number of nitrogens with one attached hydrogen (secondary N) is 1. The molecule has 0 aliphatic heterocycles. The van der Waals surface area contributed by atoms with Crippen LogP contribution in [0.4, 0.5) is 13.2 Å². The number of halogens is 3. The molecule has 5 heteroatoms. The maximum atomic E-state index is 12.1. The van der Waals surface area contributed by atoms with Crippen molar-refractivity contribution in [1.29, 1.82) is 0 Å². The first-order valence-electron chi connectivity index (χ1n) is 5.42. The van der Waals surface area contributed by atoms with E-state index in [0.29, 0.717) is 12.5 Å². The molecule has 0 amide bonds. The third-order valence-electron chi connectivity index (χ3n) is 3.34. The van der Waals surface area contributed by atoms with Crippen LogP contribution in [-0.2, 0) is 0 Å². The minimum Gasteiger partial charge on any atom is -0.329 e. The lowest BCUT2D eigenvalue weighted by atomic mass is 9.95. The van der Waals surface area contributed by atoms with E-state index in [4.69, 9.17) is 5.73 Å². The Morgan fingerprint density at radius 3 is 2.53 bits per heavy atom. The molecule has 0 aromatic rings. The fourth-order valence-electron chi connectivity index (χ4n) is 2.29. The molecular weight excluding hydrogens is 205 g/mol. The van der Waals surface area contributed by atoms with E-state index >= 15 is 0 Å². The van der Waals surface area contributed by atoms with Gasteiger partial charge in [0.15, 0.2) is 0 Å². The third kappa shape index (κ3) is 3.65. The molecule has 0 bridgehead atoms. The van der Waals surface area contributed by atoms with Crippen LogP contribution < -0.4 is 11.1 Å². The van der Waals surface area contributed by atoms with Gasteiger partial charge >= 0.3 is 6.18 Å². The van der Waals surface area contributed by atoms with Gasteiger partial charge in [0.05, 0.1) is 6.54 Å². The Morgan fingerprint density at radius 1 is 1.47 bits per heavy atom. The van der Waals surface area contributed by atoms with E-state index in [1.54, 1.807) is 0 Å². The van der Waals surface area contributed by atoms with E-state index < -0.39 is 18.3 Å². The Morgan fingerprint density at radius 2 is 2.13 bits per heavy atom. The lowest BCUT2D eigenvalue weighted by molar-refractivity contribution is -0.128. The molecule has 1 rings (SSSR count). The average Bonchev–Trinajstić information content (AvgIpc) is 2.58. The second-order valence-corrected chi connectivity index (χ2v) is 4.47. The van der Waals surface area contributed by atoms with E-state index in [-0.39, 0.29) is 0 Å². The highest BCUT2D eigenvalue weighted by atomic mass is 19.4. The summed E-state index contributed by atoms with van der Waals surface area (Å²) in [7, 11) is 0. The quantitative estimate of drug-likeness (QED) is 0.767. The van der Waals surface area contributed by atoms with Gasteiger partial charge in [-0.3, -0.25) is 0 Å². The van der Waals surface area contributed by atoms with E-state index in [0.717, 1.165) is 25.7 Å². The normalized spacial score (nSPS) is 32.2. The first kappa shape index (κ1) is 12.8. The zero-order valence-corrected chi connectivity index (χ0v) is 9.03. The first-order valence-corrected chi connectivity index (χ1v) is 5.42. The molecule has 2 unspecified atom stereocenters. The number of nitrogens with two attached hydrogens (primary N) is 1. The van der Waals surface area contributed by atoms with Gasteiger partial charge < -0.3 is 11.1 Å². The zero-order chi connectivity index (χ0) is 11.5. The largest absolute Gasteiger partial charge is 0.401 e. The molecule has 1 aliphatic rings. The molecule has 15 heavy (non-hydrogen) atoms. The fraction of sp³-hybridized carbons (Fsp3) is 1.00. The van der Waals surface area contributed by atoms with Crippen LogP contribution in [0.1, 0.15) is 32.6 Å². The number of hydrogen-bond donors (Lipinski definition) is 2. The van der Waals surface area contributed by atoms with Crippen molar-refractivity contribution in [3.8, 4) is 0 Å². The van der Waals surface area contributed by atoms with Gasteiger partial charge in [-0.15, -0.1) is 0 Å². The highest BCUT2D eigenvalue weighted by Gasteiger charge is 2.39. The van der Waals surface area contributed by atoms with Crippen LogP contribution >= 0.6 is 0 Å². The summed E-state index contributed by atoms with van der Waals surface area (Å²) in [6.45, 7) is 1.43. The maximum Gasteiger partial charge on any atom is 0.401 e. The van der Waals surface area contributed by atoms with Gasteiger partial charge in [0, 0.05) is 12.1 Å². The molecule has 0 aromatic carbocycles. The van der Waals surface area contributed by atoms with Crippen LogP contribution in [0.25, 0.3) is 0 Å². The molecule has 2 nitrogen and oxygen atoms in total.